The smallest absolute Gasteiger partial charge is 0.261 e. The largest absolute Gasteiger partial charge is 0.506 e. The van der Waals surface area contributed by atoms with Crippen molar-refractivity contribution in [3.63, 3.8) is 0 Å². The normalized spacial score (nSPS) is 12.0. The third-order valence-electron chi connectivity index (χ3n) is 4.28. The van der Waals surface area contributed by atoms with Gasteiger partial charge < -0.3 is 19.8 Å². The summed E-state index contributed by atoms with van der Waals surface area (Å²) in [6.45, 7) is 1.65. The van der Waals surface area contributed by atoms with E-state index < -0.39 is 11.2 Å². The molecule has 1 aromatic carbocycles. The molecule has 3 heterocycles. The summed E-state index contributed by atoms with van der Waals surface area (Å²) in [5, 5.41) is 14.4. The van der Waals surface area contributed by atoms with Crippen LogP contribution >= 0.6 is 23.1 Å². The number of nitrogens with zero attached hydrogens (tertiary/aromatic N) is 1. The number of hydrogen-bond donors (Lipinski definition) is 3. The van der Waals surface area contributed by atoms with Crippen LogP contribution in [0.15, 0.2) is 56.3 Å². The maximum Gasteiger partial charge on any atom is 0.261 e. The maximum absolute atomic E-state index is 12.6. The number of phenolic OH excluding ortho intramolecular Hbond substituents is 1. The summed E-state index contributed by atoms with van der Waals surface area (Å²) in [5.41, 5.74) is 0.806. The molecule has 4 aromatic rings. The summed E-state index contributed by atoms with van der Waals surface area (Å²) in [4.78, 5) is 43.7. The average molecular weight is 441 g/mol. The first kappa shape index (κ1) is 19.9. The first-order valence-corrected chi connectivity index (χ1v) is 10.5. The Kier molecular flexibility index (Phi) is 5.42. The van der Waals surface area contributed by atoms with Crippen LogP contribution in [-0.4, -0.2) is 32.5 Å². The number of aromatic nitrogens is 2. The number of thiophene rings is 1. The third-order valence-corrected chi connectivity index (χ3v) is 6.14. The summed E-state index contributed by atoms with van der Waals surface area (Å²) >= 11 is 2.39. The van der Waals surface area contributed by atoms with Crippen LogP contribution in [-0.2, 0) is 4.79 Å². The molecule has 10 heteroatoms. The molecule has 0 fully saturated rings. The van der Waals surface area contributed by atoms with Gasteiger partial charge in [0, 0.05) is 16.5 Å². The van der Waals surface area contributed by atoms with E-state index in [2.05, 4.69) is 15.3 Å². The zero-order chi connectivity index (χ0) is 21.3. The average Bonchev–Trinajstić information content (AvgIpc) is 3.39. The number of fused-ring (bicyclic) bond motifs is 1. The number of carbonyl (C=O) groups excluding carboxylic acids is 2. The SMILES string of the molecule is CC(Sc1nc2scc(-c3ccco3)c2c(=O)[nH]1)C(=O)Nc1cc(C=O)ccc1O. The maximum atomic E-state index is 12.6. The summed E-state index contributed by atoms with van der Waals surface area (Å²) in [5.74, 6) is 0.0192. The second-order valence-corrected chi connectivity index (χ2v) is 8.51. The molecule has 3 aromatic heterocycles. The van der Waals surface area contributed by atoms with Gasteiger partial charge in [-0.3, -0.25) is 14.4 Å². The summed E-state index contributed by atoms with van der Waals surface area (Å²) < 4.78 is 5.38. The number of thioether (sulfide) groups is 1. The van der Waals surface area contributed by atoms with Gasteiger partial charge in [0.05, 0.1) is 22.6 Å². The van der Waals surface area contributed by atoms with Crippen molar-refractivity contribution in [2.45, 2.75) is 17.3 Å². The lowest BCUT2D eigenvalue weighted by molar-refractivity contribution is -0.115. The Bertz CT molecular complexity index is 1290. The number of nitrogens with one attached hydrogen (secondary N) is 2. The van der Waals surface area contributed by atoms with Crippen molar-refractivity contribution in [2.24, 2.45) is 0 Å². The number of rotatable bonds is 6. The molecule has 0 aliphatic heterocycles. The number of aromatic hydroxyl groups is 1. The number of aromatic amines is 1. The van der Waals surface area contributed by atoms with Gasteiger partial charge >= 0.3 is 0 Å². The van der Waals surface area contributed by atoms with Gasteiger partial charge in [-0.05, 0) is 37.3 Å². The van der Waals surface area contributed by atoms with Crippen LogP contribution in [0.2, 0.25) is 0 Å². The fourth-order valence-electron chi connectivity index (χ4n) is 2.78. The van der Waals surface area contributed by atoms with Gasteiger partial charge in [-0.15, -0.1) is 11.3 Å². The highest BCUT2D eigenvalue weighted by atomic mass is 32.2. The zero-order valence-electron chi connectivity index (χ0n) is 15.5. The fourth-order valence-corrected chi connectivity index (χ4v) is 4.56. The lowest BCUT2D eigenvalue weighted by Gasteiger charge is -2.12. The molecule has 1 amide bonds. The van der Waals surface area contributed by atoms with Gasteiger partial charge in [0.1, 0.15) is 22.6 Å². The van der Waals surface area contributed by atoms with Crippen molar-refractivity contribution in [3.8, 4) is 17.1 Å². The standard InChI is InChI=1S/C20H15N3O5S2/c1-10(17(26)21-13-7-11(8-24)4-5-14(13)25)30-20-22-18(27)16-12(9-29-19(16)23-20)15-3-2-6-28-15/h2-10,25H,1H3,(H,21,26)(H,22,23,27). The molecule has 0 bridgehead atoms. The highest BCUT2D eigenvalue weighted by Crippen LogP contribution is 2.32. The molecule has 0 aliphatic carbocycles. The Morgan fingerprint density at radius 1 is 1.40 bits per heavy atom. The highest BCUT2D eigenvalue weighted by Gasteiger charge is 2.20. The Morgan fingerprint density at radius 2 is 2.23 bits per heavy atom. The van der Waals surface area contributed by atoms with E-state index >= 15 is 0 Å². The Morgan fingerprint density at radius 3 is 2.97 bits per heavy atom. The predicted octanol–water partition coefficient (Wildman–Crippen LogP) is 3.88. The van der Waals surface area contributed by atoms with Gasteiger partial charge in [-0.2, -0.15) is 0 Å². The molecule has 0 radical (unpaired) electrons. The molecule has 4 rings (SSSR count). The number of anilines is 1. The van der Waals surface area contributed by atoms with Crippen molar-refractivity contribution in [2.75, 3.05) is 5.32 Å². The van der Waals surface area contributed by atoms with Gasteiger partial charge in [0.2, 0.25) is 5.91 Å². The lowest BCUT2D eigenvalue weighted by atomic mass is 10.2. The molecule has 0 saturated carbocycles. The first-order valence-electron chi connectivity index (χ1n) is 8.77. The first-order chi connectivity index (χ1) is 14.5. The molecule has 0 aliphatic rings. The van der Waals surface area contributed by atoms with E-state index in [4.69, 9.17) is 4.42 Å². The zero-order valence-corrected chi connectivity index (χ0v) is 17.2. The number of aldehydes is 1. The van der Waals surface area contributed by atoms with Crippen molar-refractivity contribution >= 4 is 51.2 Å². The number of carbonyl (C=O) groups is 2. The molecular formula is C20H15N3O5S2. The molecule has 0 spiro atoms. The van der Waals surface area contributed by atoms with E-state index in [0.717, 1.165) is 11.8 Å². The van der Waals surface area contributed by atoms with Gasteiger partial charge in [-0.1, -0.05) is 11.8 Å². The summed E-state index contributed by atoms with van der Waals surface area (Å²) in [6, 6.07) is 7.67. The summed E-state index contributed by atoms with van der Waals surface area (Å²) in [7, 11) is 0. The van der Waals surface area contributed by atoms with E-state index in [0.29, 0.717) is 38.5 Å². The minimum absolute atomic E-state index is 0.135. The minimum Gasteiger partial charge on any atom is -0.506 e. The predicted molar refractivity (Wildman–Crippen MR) is 115 cm³/mol. The van der Waals surface area contributed by atoms with Crippen LogP contribution in [0.3, 0.4) is 0 Å². The van der Waals surface area contributed by atoms with Crippen molar-refractivity contribution in [1.82, 2.24) is 9.97 Å². The quantitative estimate of drug-likeness (QED) is 0.179. The van der Waals surface area contributed by atoms with Crippen LogP contribution in [0.4, 0.5) is 5.69 Å². The third kappa shape index (κ3) is 3.87. The molecule has 3 N–H and O–H groups in total. The minimum atomic E-state index is -0.630. The number of hydrogen-bond acceptors (Lipinski definition) is 8. The van der Waals surface area contributed by atoms with E-state index in [1.165, 1.54) is 35.8 Å². The van der Waals surface area contributed by atoms with Gasteiger partial charge in [-0.25, -0.2) is 4.98 Å². The second kappa shape index (κ2) is 8.17. The van der Waals surface area contributed by atoms with Crippen LogP contribution in [0.25, 0.3) is 21.5 Å². The van der Waals surface area contributed by atoms with Crippen LogP contribution in [0.5, 0.6) is 5.75 Å². The molecular weight excluding hydrogens is 426 g/mol. The molecule has 8 nitrogen and oxygen atoms in total. The van der Waals surface area contributed by atoms with Gasteiger partial charge in [0.15, 0.2) is 5.16 Å². The number of benzene rings is 1. The highest BCUT2D eigenvalue weighted by molar-refractivity contribution is 8.00. The second-order valence-electron chi connectivity index (χ2n) is 6.32. The van der Waals surface area contributed by atoms with E-state index in [1.807, 2.05) is 0 Å². The molecule has 152 valence electrons. The van der Waals surface area contributed by atoms with Crippen LogP contribution < -0.4 is 10.9 Å². The number of phenols is 1. The summed E-state index contributed by atoms with van der Waals surface area (Å²) in [6.07, 6.45) is 2.16. The molecule has 1 atom stereocenters. The van der Waals surface area contributed by atoms with E-state index in [9.17, 15) is 19.5 Å². The fraction of sp³-hybridized carbons (Fsp3) is 0.100. The number of H-pyrrole nitrogens is 1. The Labute approximate surface area is 178 Å². The van der Waals surface area contributed by atoms with Crippen molar-refractivity contribution in [1.29, 1.82) is 0 Å². The van der Waals surface area contributed by atoms with E-state index in [1.54, 1.807) is 24.4 Å². The monoisotopic (exact) mass is 441 g/mol. The van der Waals surface area contributed by atoms with Crippen molar-refractivity contribution < 1.29 is 19.1 Å². The topological polar surface area (TPSA) is 125 Å². The molecule has 30 heavy (non-hydrogen) atoms. The van der Waals surface area contributed by atoms with Gasteiger partial charge in [0.25, 0.3) is 5.56 Å². The van der Waals surface area contributed by atoms with E-state index in [-0.39, 0.29) is 17.0 Å². The molecule has 0 saturated heterocycles. The molecule has 1 unspecified atom stereocenters. The van der Waals surface area contributed by atoms with Crippen molar-refractivity contribution in [3.05, 3.63) is 57.9 Å². The number of amides is 1. The Balaban J connectivity index is 1.54. The number of furan rings is 1. The van der Waals surface area contributed by atoms with Crippen LogP contribution in [0, 0.1) is 0 Å². The van der Waals surface area contributed by atoms with Crippen LogP contribution in [0.1, 0.15) is 17.3 Å². The lowest BCUT2D eigenvalue weighted by Crippen LogP contribution is -2.23. The Hall–Kier alpha value is -3.37.